The average molecular weight is 531 g/mol. The molecule has 2 aromatic heterocycles. The van der Waals surface area contributed by atoms with E-state index in [0.717, 1.165) is 11.1 Å². The summed E-state index contributed by atoms with van der Waals surface area (Å²) < 4.78 is 50.1. The summed E-state index contributed by atoms with van der Waals surface area (Å²) >= 11 is 0. The second-order valence-corrected chi connectivity index (χ2v) is 12.0. The highest BCUT2D eigenvalue weighted by Crippen LogP contribution is 2.35. The fourth-order valence-electron chi connectivity index (χ4n) is 4.44. The molecule has 8 nitrogen and oxygen atoms in total. The average Bonchev–Trinajstić information content (AvgIpc) is 3.23. The molecule has 0 bridgehead atoms. The number of nitrogens with one attached hydrogen (secondary N) is 2. The highest BCUT2D eigenvalue weighted by Gasteiger charge is 2.33. The Balaban J connectivity index is 1.78. The molecule has 0 spiro atoms. The van der Waals surface area contributed by atoms with Crippen LogP contribution in [0, 0.1) is 11.7 Å². The molecular weight excluding hydrogens is 498 g/mol. The van der Waals surface area contributed by atoms with Gasteiger partial charge < -0.3 is 10.2 Å². The lowest BCUT2D eigenvalue weighted by atomic mass is 9.99. The zero-order chi connectivity index (χ0) is 27.0. The Bertz CT molecular complexity index is 1420. The van der Waals surface area contributed by atoms with Crippen LogP contribution in [0.15, 0.2) is 47.8 Å². The second kappa shape index (κ2) is 10.2. The minimum Gasteiger partial charge on any atom is -0.356 e. The second-order valence-electron chi connectivity index (χ2n) is 9.82. The SMILES string of the molecule is Cc1c(-c2cnn(C(C)C)c2)cnc(N2CCCC(F)(F)CC2)c1C(=O)Nc1cccc([S@](C)(=N)=O)c1. The van der Waals surface area contributed by atoms with Crippen LogP contribution in [-0.4, -0.2) is 50.1 Å². The van der Waals surface area contributed by atoms with Gasteiger partial charge in [0, 0.05) is 72.3 Å². The highest BCUT2D eigenvalue weighted by molar-refractivity contribution is 7.91. The number of benzene rings is 1. The lowest BCUT2D eigenvalue weighted by Crippen LogP contribution is -2.30. The Hall–Kier alpha value is -3.34. The molecule has 2 N–H and O–H groups in total. The van der Waals surface area contributed by atoms with Gasteiger partial charge in [-0.1, -0.05) is 6.07 Å². The third-order valence-electron chi connectivity index (χ3n) is 6.55. The summed E-state index contributed by atoms with van der Waals surface area (Å²) in [6.45, 7) is 6.28. The van der Waals surface area contributed by atoms with Crippen LogP contribution < -0.4 is 10.2 Å². The number of halogens is 2. The molecule has 1 aliphatic rings. The van der Waals surface area contributed by atoms with E-state index < -0.39 is 21.6 Å². The van der Waals surface area contributed by atoms with Crippen molar-refractivity contribution in [2.45, 2.75) is 56.9 Å². The van der Waals surface area contributed by atoms with E-state index in [9.17, 15) is 17.8 Å². The first-order chi connectivity index (χ1) is 17.4. The van der Waals surface area contributed by atoms with Gasteiger partial charge in [0.15, 0.2) is 0 Å². The normalized spacial score (nSPS) is 17.3. The van der Waals surface area contributed by atoms with Gasteiger partial charge in [-0.05, 0) is 51.0 Å². The molecule has 1 aliphatic heterocycles. The molecule has 1 fully saturated rings. The molecule has 3 heterocycles. The van der Waals surface area contributed by atoms with Crippen LogP contribution in [0.4, 0.5) is 20.3 Å². The Labute approximate surface area is 216 Å². The number of carbonyl (C=O) groups is 1. The molecular formula is C26H32F2N6O2S. The van der Waals surface area contributed by atoms with Crippen molar-refractivity contribution < 1.29 is 17.8 Å². The third kappa shape index (κ3) is 5.98. The maximum Gasteiger partial charge on any atom is 0.259 e. The number of amides is 1. The van der Waals surface area contributed by atoms with Gasteiger partial charge in [-0.25, -0.2) is 22.8 Å². The van der Waals surface area contributed by atoms with Crippen molar-refractivity contribution in [3.8, 4) is 11.1 Å². The number of aromatic nitrogens is 3. The fourth-order valence-corrected chi connectivity index (χ4v) is 5.13. The number of nitrogens with zero attached hydrogens (tertiary/aromatic N) is 4. The van der Waals surface area contributed by atoms with Crippen LogP contribution in [0.25, 0.3) is 11.1 Å². The highest BCUT2D eigenvalue weighted by atomic mass is 32.2. The number of anilines is 2. The summed E-state index contributed by atoms with van der Waals surface area (Å²) in [6, 6.07) is 6.52. The molecule has 0 radical (unpaired) electrons. The number of rotatable bonds is 6. The lowest BCUT2D eigenvalue weighted by molar-refractivity contribution is -0.0102. The lowest BCUT2D eigenvalue weighted by Gasteiger charge is -2.26. The topological polar surface area (TPSA) is 104 Å². The van der Waals surface area contributed by atoms with Gasteiger partial charge in [0.1, 0.15) is 5.82 Å². The molecule has 1 amide bonds. The zero-order valence-corrected chi connectivity index (χ0v) is 22.2. The summed E-state index contributed by atoms with van der Waals surface area (Å²) in [7, 11) is -2.97. The Kier molecular flexibility index (Phi) is 7.36. The van der Waals surface area contributed by atoms with Gasteiger partial charge in [-0.3, -0.25) is 9.48 Å². The number of pyridine rings is 1. The van der Waals surface area contributed by atoms with Crippen molar-refractivity contribution in [2.24, 2.45) is 0 Å². The van der Waals surface area contributed by atoms with Crippen LogP contribution in [-0.2, 0) is 9.73 Å². The number of hydrogen-bond acceptors (Lipinski definition) is 6. The smallest absolute Gasteiger partial charge is 0.259 e. The molecule has 1 atom stereocenters. The maximum absolute atomic E-state index is 14.1. The monoisotopic (exact) mass is 530 g/mol. The number of hydrogen-bond donors (Lipinski definition) is 2. The maximum atomic E-state index is 14.1. The van der Waals surface area contributed by atoms with E-state index in [4.69, 9.17) is 4.78 Å². The Morgan fingerprint density at radius 2 is 1.97 bits per heavy atom. The van der Waals surface area contributed by atoms with Crippen molar-refractivity contribution in [1.82, 2.24) is 14.8 Å². The van der Waals surface area contributed by atoms with Gasteiger partial charge in [0.25, 0.3) is 5.91 Å². The van der Waals surface area contributed by atoms with Gasteiger partial charge in [-0.2, -0.15) is 5.10 Å². The van der Waals surface area contributed by atoms with E-state index in [1.807, 2.05) is 31.6 Å². The molecule has 1 aromatic carbocycles. The van der Waals surface area contributed by atoms with Gasteiger partial charge in [-0.15, -0.1) is 0 Å². The van der Waals surface area contributed by atoms with Gasteiger partial charge >= 0.3 is 0 Å². The molecule has 0 saturated carbocycles. The molecule has 198 valence electrons. The van der Waals surface area contributed by atoms with Crippen molar-refractivity contribution in [3.63, 3.8) is 0 Å². The van der Waals surface area contributed by atoms with Crippen molar-refractivity contribution in [1.29, 1.82) is 4.78 Å². The van der Waals surface area contributed by atoms with Crippen LogP contribution in [0.5, 0.6) is 0 Å². The molecule has 37 heavy (non-hydrogen) atoms. The van der Waals surface area contributed by atoms with E-state index >= 15 is 0 Å². The first-order valence-electron chi connectivity index (χ1n) is 12.2. The van der Waals surface area contributed by atoms with Crippen LogP contribution in [0.3, 0.4) is 0 Å². The zero-order valence-electron chi connectivity index (χ0n) is 21.4. The first kappa shape index (κ1) is 26.7. The Morgan fingerprint density at radius 3 is 2.65 bits per heavy atom. The minimum absolute atomic E-state index is 0.0799. The molecule has 0 unspecified atom stereocenters. The predicted molar refractivity (Wildman–Crippen MR) is 141 cm³/mol. The van der Waals surface area contributed by atoms with E-state index in [0.29, 0.717) is 28.5 Å². The predicted octanol–water partition coefficient (Wildman–Crippen LogP) is 5.75. The standard InChI is InChI=1S/C26H32F2N6O2S/c1-17(2)34-16-19(14-31-34)22-15-30-24(33-11-6-9-26(27,28)10-12-33)23(18(22)3)25(35)32-20-7-5-8-21(13-20)37(4,29)36/h5,7-8,13-17,29H,6,9-12H2,1-4H3,(H,32,35)/t37-/m1/s1. The molecule has 0 aliphatic carbocycles. The first-order valence-corrected chi connectivity index (χ1v) is 14.1. The van der Waals surface area contributed by atoms with E-state index in [1.54, 1.807) is 35.5 Å². The summed E-state index contributed by atoms with van der Waals surface area (Å²) in [5.74, 6) is -2.86. The van der Waals surface area contributed by atoms with E-state index in [2.05, 4.69) is 15.4 Å². The molecule has 4 rings (SSSR count). The largest absolute Gasteiger partial charge is 0.356 e. The minimum atomic E-state index is -2.97. The van der Waals surface area contributed by atoms with Gasteiger partial charge in [0.05, 0.1) is 21.5 Å². The van der Waals surface area contributed by atoms with E-state index in [1.165, 1.54) is 12.3 Å². The molecule has 11 heteroatoms. The van der Waals surface area contributed by atoms with Crippen LogP contribution in [0.2, 0.25) is 0 Å². The summed E-state index contributed by atoms with van der Waals surface area (Å²) in [5.41, 5.74) is 2.84. The van der Waals surface area contributed by atoms with Crippen LogP contribution in [0.1, 0.15) is 55.1 Å². The summed E-state index contributed by atoms with van der Waals surface area (Å²) in [4.78, 5) is 20.4. The summed E-state index contributed by atoms with van der Waals surface area (Å²) in [5, 5.41) is 7.24. The van der Waals surface area contributed by atoms with Crippen molar-refractivity contribution in [3.05, 3.63) is 54.0 Å². The third-order valence-corrected chi connectivity index (χ3v) is 7.70. The van der Waals surface area contributed by atoms with E-state index in [-0.39, 0.29) is 37.4 Å². The summed E-state index contributed by atoms with van der Waals surface area (Å²) in [6.07, 6.45) is 6.36. The quantitative estimate of drug-likeness (QED) is 0.422. The van der Waals surface area contributed by atoms with Crippen LogP contribution >= 0.6 is 0 Å². The number of alkyl halides is 2. The molecule has 3 aromatic rings. The van der Waals surface area contributed by atoms with Crippen molar-refractivity contribution in [2.75, 3.05) is 29.6 Å². The van der Waals surface area contributed by atoms with Gasteiger partial charge in [0.2, 0.25) is 5.92 Å². The number of carbonyl (C=O) groups excluding carboxylic acids is 1. The Morgan fingerprint density at radius 1 is 1.22 bits per heavy atom. The van der Waals surface area contributed by atoms with Crippen molar-refractivity contribution >= 4 is 27.1 Å². The molecule has 1 saturated heterocycles. The fraction of sp³-hybridized carbons (Fsp3) is 0.423.